The molecular weight excluding hydrogens is 147 g/mol. The van der Waals surface area contributed by atoms with Gasteiger partial charge in [-0.1, -0.05) is 41.9 Å². The Kier molecular flexibility index (Phi) is 5.05. The molecule has 7 heavy (non-hydrogen) atoms. The van der Waals surface area contributed by atoms with Crippen LogP contribution in [0.3, 0.4) is 0 Å². The van der Waals surface area contributed by atoms with E-state index in [-0.39, 0.29) is 0 Å². The largest absolute Gasteiger partial charge is 0.0981 e. The molecular formula is C4H6Cl2Si. The maximum atomic E-state index is 5.29. The van der Waals surface area contributed by atoms with E-state index in [2.05, 4.69) is 6.92 Å². The van der Waals surface area contributed by atoms with Gasteiger partial charge in [-0.05, 0) is 0 Å². The molecule has 3 heteroatoms. The van der Waals surface area contributed by atoms with Crippen LogP contribution in [0.2, 0.25) is 6.04 Å². The number of hydrogen-bond acceptors (Lipinski definition) is 0. The highest BCUT2D eigenvalue weighted by molar-refractivity contribution is 6.60. The Hall–Kier alpha value is 0.537. The summed E-state index contributed by atoms with van der Waals surface area (Å²) in [6.07, 6.45) is 0. The van der Waals surface area contributed by atoms with Crippen LogP contribution in [-0.4, -0.2) is 9.52 Å². The molecule has 0 aromatic heterocycles. The fourth-order valence-electron chi connectivity index (χ4n) is 0.179. The van der Waals surface area contributed by atoms with Gasteiger partial charge in [-0.15, -0.1) is 0 Å². The van der Waals surface area contributed by atoms with Gasteiger partial charge in [0.05, 0.1) is 14.0 Å². The summed E-state index contributed by atoms with van der Waals surface area (Å²) in [7, 11) is 0.769. The molecule has 0 aromatic carbocycles. The maximum absolute atomic E-state index is 5.29. The Bertz CT molecular complexity index is 66.1. The van der Waals surface area contributed by atoms with E-state index in [9.17, 15) is 0 Å². The van der Waals surface area contributed by atoms with Gasteiger partial charge in [-0.2, -0.15) is 0 Å². The van der Waals surface area contributed by atoms with Crippen molar-refractivity contribution >= 4 is 32.7 Å². The van der Waals surface area contributed by atoms with Gasteiger partial charge in [0, 0.05) is 0 Å². The third-order valence-corrected chi connectivity index (χ3v) is 1.90. The van der Waals surface area contributed by atoms with E-state index in [0.29, 0.717) is 4.49 Å². The highest BCUT2D eigenvalue weighted by atomic mass is 35.5. The first-order chi connectivity index (χ1) is 3.27. The van der Waals surface area contributed by atoms with E-state index >= 15 is 0 Å². The van der Waals surface area contributed by atoms with Gasteiger partial charge in [0.25, 0.3) is 0 Å². The molecule has 0 aliphatic heterocycles. The zero-order valence-corrected chi connectivity index (χ0v) is 6.55. The number of hydrogen-bond donors (Lipinski definition) is 0. The van der Waals surface area contributed by atoms with Gasteiger partial charge >= 0.3 is 0 Å². The molecule has 0 unspecified atom stereocenters. The Labute approximate surface area is 56.3 Å². The van der Waals surface area contributed by atoms with Crippen molar-refractivity contribution in [2.75, 3.05) is 0 Å². The third kappa shape index (κ3) is 6.54. The summed E-state index contributed by atoms with van der Waals surface area (Å²) in [5.41, 5.74) is 1.82. The first-order valence-electron chi connectivity index (χ1n) is 2.02. The van der Waals surface area contributed by atoms with Gasteiger partial charge in [-0.3, -0.25) is 0 Å². The topological polar surface area (TPSA) is 0 Å². The van der Waals surface area contributed by atoms with Crippen molar-refractivity contribution in [3.63, 3.8) is 0 Å². The molecule has 40 valence electrons. The lowest BCUT2D eigenvalue weighted by molar-refractivity contribution is 1.46. The van der Waals surface area contributed by atoms with Crippen LogP contribution < -0.4 is 0 Å². The smallest absolute Gasteiger partial charge is 0.0717 e. The minimum atomic E-state index is 0.389. The van der Waals surface area contributed by atoms with Crippen LogP contribution >= 0.6 is 23.2 Å². The molecule has 0 bridgehead atoms. The molecule has 0 amide bonds. The van der Waals surface area contributed by atoms with Gasteiger partial charge < -0.3 is 0 Å². The Balaban J connectivity index is 3.08. The zero-order chi connectivity index (χ0) is 5.70. The standard InChI is InChI=1S/C4H6Cl2Si/c1-2-7-3-4(5)6/h3H,2H2,1H3. The summed E-state index contributed by atoms with van der Waals surface area (Å²) >= 11 is 10.6. The predicted molar refractivity (Wildman–Crippen MR) is 36.0 cm³/mol. The lowest BCUT2D eigenvalue weighted by Gasteiger charge is -1.78. The molecule has 0 saturated heterocycles. The summed E-state index contributed by atoms with van der Waals surface area (Å²) < 4.78 is 0.389. The van der Waals surface area contributed by atoms with Crippen LogP contribution in [0, 0.1) is 0 Å². The Morgan fingerprint density at radius 3 is 2.43 bits per heavy atom. The molecule has 0 nitrogen and oxygen atoms in total. The lowest BCUT2D eigenvalue weighted by Crippen LogP contribution is -1.76. The molecule has 2 radical (unpaired) electrons. The molecule has 0 N–H and O–H groups in total. The van der Waals surface area contributed by atoms with Gasteiger partial charge in [0.15, 0.2) is 0 Å². The average Bonchev–Trinajstić information content (AvgIpc) is 1.61. The van der Waals surface area contributed by atoms with Crippen LogP contribution in [0.15, 0.2) is 10.2 Å². The van der Waals surface area contributed by atoms with E-state index in [4.69, 9.17) is 23.2 Å². The minimum Gasteiger partial charge on any atom is -0.0717 e. The van der Waals surface area contributed by atoms with Gasteiger partial charge in [0.2, 0.25) is 0 Å². The molecule has 0 atom stereocenters. The second kappa shape index (κ2) is 4.69. The molecule has 0 spiro atoms. The van der Waals surface area contributed by atoms with E-state index in [1.54, 1.807) is 0 Å². The molecule has 0 aliphatic rings. The van der Waals surface area contributed by atoms with Crippen LogP contribution in [0.5, 0.6) is 0 Å². The zero-order valence-electron chi connectivity index (χ0n) is 4.04. The highest BCUT2D eigenvalue weighted by Gasteiger charge is 1.79. The normalized spacial score (nSPS) is 8.43. The maximum Gasteiger partial charge on any atom is 0.0981 e. The molecule has 0 saturated carbocycles. The molecule has 0 heterocycles. The summed E-state index contributed by atoms with van der Waals surface area (Å²) in [4.78, 5) is 0. The fraction of sp³-hybridized carbons (Fsp3) is 0.500. The first kappa shape index (κ1) is 7.54. The SMILES string of the molecule is CC[Si]C=C(Cl)Cl. The quantitative estimate of drug-likeness (QED) is 0.534. The molecule has 0 aliphatic carbocycles. The lowest BCUT2D eigenvalue weighted by atomic mass is 11.0. The summed E-state index contributed by atoms with van der Waals surface area (Å²) in [6.45, 7) is 2.09. The van der Waals surface area contributed by atoms with Crippen LogP contribution in [-0.2, 0) is 0 Å². The van der Waals surface area contributed by atoms with Crippen molar-refractivity contribution in [2.45, 2.75) is 13.0 Å². The second-order valence-electron chi connectivity index (χ2n) is 0.992. The number of rotatable bonds is 2. The highest BCUT2D eigenvalue weighted by Crippen LogP contribution is 2.04. The van der Waals surface area contributed by atoms with Crippen molar-refractivity contribution in [3.8, 4) is 0 Å². The van der Waals surface area contributed by atoms with E-state index in [0.717, 1.165) is 15.6 Å². The average molecular weight is 153 g/mol. The predicted octanol–water partition coefficient (Wildman–Crippen LogP) is 2.41. The first-order valence-corrected chi connectivity index (χ1v) is 4.06. The Morgan fingerprint density at radius 2 is 2.29 bits per heavy atom. The number of halogens is 2. The Morgan fingerprint density at radius 1 is 1.71 bits per heavy atom. The van der Waals surface area contributed by atoms with Crippen molar-refractivity contribution in [1.29, 1.82) is 0 Å². The third-order valence-electron chi connectivity index (χ3n) is 0.415. The van der Waals surface area contributed by atoms with E-state index in [1.807, 2.05) is 5.70 Å². The van der Waals surface area contributed by atoms with Crippen molar-refractivity contribution < 1.29 is 0 Å². The van der Waals surface area contributed by atoms with Gasteiger partial charge in [-0.25, -0.2) is 0 Å². The van der Waals surface area contributed by atoms with Crippen molar-refractivity contribution in [1.82, 2.24) is 0 Å². The summed E-state index contributed by atoms with van der Waals surface area (Å²) in [5.74, 6) is 0. The van der Waals surface area contributed by atoms with Crippen molar-refractivity contribution in [2.24, 2.45) is 0 Å². The monoisotopic (exact) mass is 152 g/mol. The van der Waals surface area contributed by atoms with Crippen LogP contribution in [0.25, 0.3) is 0 Å². The summed E-state index contributed by atoms with van der Waals surface area (Å²) in [5, 5.41) is 0. The second-order valence-corrected chi connectivity index (χ2v) is 3.40. The van der Waals surface area contributed by atoms with Crippen molar-refractivity contribution in [3.05, 3.63) is 10.2 Å². The van der Waals surface area contributed by atoms with E-state index in [1.165, 1.54) is 0 Å². The molecule has 0 rings (SSSR count). The van der Waals surface area contributed by atoms with E-state index < -0.39 is 0 Å². The summed E-state index contributed by atoms with van der Waals surface area (Å²) in [6, 6.07) is 1.13. The fourth-order valence-corrected chi connectivity index (χ4v) is 1.00. The van der Waals surface area contributed by atoms with Gasteiger partial charge in [0.1, 0.15) is 0 Å². The minimum absolute atomic E-state index is 0.389. The van der Waals surface area contributed by atoms with Crippen LogP contribution in [0.4, 0.5) is 0 Å². The van der Waals surface area contributed by atoms with Crippen LogP contribution in [0.1, 0.15) is 6.92 Å². The molecule has 0 fully saturated rings. The molecule has 0 aromatic rings.